The number of carbonyl (C=O) groups excluding carboxylic acids is 1. The molecule has 2 rings (SSSR count). The predicted molar refractivity (Wildman–Crippen MR) is 55.5 cm³/mol. The van der Waals surface area contributed by atoms with Crippen LogP contribution in [0, 0.1) is 5.41 Å². The Bertz CT molecular complexity index is 226. The van der Waals surface area contributed by atoms with Gasteiger partial charge in [0, 0.05) is 18.6 Å². The van der Waals surface area contributed by atoms with Crippen molar-refractivity contribution in [2.45, 2.75) is 32.2 Å². The third kappa shape index (κ3) is 2.32. The van der Waals surface area contributed by atoms with Crippen molar-refractivity contribution in [3.8, 4) is 0 Å². The molecule has 2 unspecified atom stereocenters. The molecular weight excluding hydrogens is 194 g/mol. The number of ether oxygens (including phenoxy) is 2. The minimum atomic E-state index is -0.105. The number of rotatable bonds is 2. The summed E-state index contributed by atoms with van der Waals surface area (Å²) >= 11 is 0. The van der Waals surface area contributed by atoms with Crippen LogP contribution in [-0.2, 0) is 14.3 Å². The zero-order valence-electron chi connectivity index (χ0n) is 9.25. The quantitative estimate of drug-likeness (QED) is 0.686. The molecule has 86 valence electrons. The molecule has 1 spiro atoms. The SMILES string of the molecule is CCOC(=O)C1CCC2(CCOC2)CN1. The molecule has 0 bridgehead atoms. The fourth-order valence-corrected chi connectivity index (χ4v) is 2.41. The van der Waals surface area contributed by atoms with Gasteiger partial charge in [-0.05, 0) is 26.2 Å². The Morgan fingerprint density at radius 2 is 2.47 bits per heavy atom. The fraction of sp³-hybridized carbons (Fsp3) is 0.909. The lowest BCUT2D eigenvalue weighted by Crippen LogP contribution is -2.50. The standard InChI is InChI=1S/C11H19NO3/c1-2-15-10(13)9-3-4-11(7-12-9)5-6-14-8-11/h9,12H,2-8H2,1H3. The van der Waals surface area contributed by atoms with Gasteiger partial charge in [0.1, 0.15) is 6.04 Å². The molecule has 0 radical (unpaired) electrons. The van der Waals surface area contributed by atoms with Gasteiger partial charge in [-0.25, -0.2) is 0 Å². The maximum Gasteiger partial charge on any atom is 0.323 e. The maximum atomic E-state index is 11.5. The van der Waals surface area contributed by atoms with E-state index in [4.69, 9.17) is 9.47 Å². The summed E-state index contributed by atoms with van der Waals surface area (Å²) < 4.78 is 10.4. The molecule has 15 heavy (non-hydrogen) atoms. The average Bonchev–Trinajstić information content (AvgIpc) is 2.68. The van der Waals surface area contributed by atoms with Gasteiger partial charge in [0.25, 0.3) is 0 Å². The van der Waals surface area contributed by atoms with E-state index >= 15 is 0 Å². The van der Waals surface area contributed by atoms with E-state index in [9.17, 15) is 4.79 Å². The number of hydrogen-bond acceptors (Lipinski definition) is 4. The minimum absolute atomic E-state index is 0.101. The zero-order valence-corrected chi connectivity index (χ0v) is 9.25. The van der Waals surface area contributed by atoms with E-state index in [1.165, 1.54) is 0 Å². The van der Waals surface area contributed by atoms with Crippen LogP contribution in [0.15, 0.2) is 0 Å². The molecule has 0 saturated carbocycles. The molecule has 0 aromatic rings. The van der Waals surface area contributed by atoms with Crippen LogP contribution in [0.25, 0.3) is 0 Å². The number of piperidine rings is 1. The first kappa shape index (κ1) is 10.9. The number of carbonyl (C=O) groups is 1. The average molecular weight is 213 g/mol. The van der Waals surface area contributed by atoms with Crippen LogP contribution in [0.1, 0.15) is 26.2 Å². The van der Waals surface area contributed by atoms with Crippen molar-refractivity contribution < 1.29 is 14.3 Å². The first-order valence-corrected chi connectivity index (χ1v) is 5.73. The molecule has 4 nitrogen and oxygen atoms in total. The molecule has 2 saturated heterocycles. The molecular formula is C11H19NO3. The lowest BCUT2D eigenvalue weighted by molar-refractivity contribution is -0.146. The number of hydrogen-bond donors (Lipinski definition) is 1. The molecule has 2 heterocycles. The second-order valence-corrected chi connectivity index (χ2v) is 4.53. The van der Waals surface area contributed by atoms with Gasteiger partial charge in [-0.15, -0.1) is 0 Å². The largest absolute Gasteiger partial charge is 0.465 e. The van der Waals surface area contributed by atoms with Crippen LogP contribution >= 0.6 is 0 Å². The summed E-state index contributed by atoms with van der Waals surface area (Å²) in [7, 11) is 0. The summed E-state index contributed by atoms with van der Waals surface area (Å²) in [5.74, 6) is -0.105. The lowest BCUT2D eigenvalue weighted by atomic mass is 9.78. The van der Waals surface area contributed by atoms with E-state index < -0.39 is 0 Å². The van der Waals surface area contributed by atoms with E-state index in [1.54, 1.807) is 0 Å². The molecule has 0 aliphatic carbocycles. The first-order chi connectivity index (χ1) is 7.26. The summed E-state index contributed by atoms with van der Waals surface area (Å²) in [5.41, 5.74) is 0.295. The highest BCUT2D eigenvalue weighted by Gasteiger charge is 2.40. The van der Waals surface area contributed by atoms with Crippen LogP contribution in [0.5, 0.6) is 0 Å². The van der Waals surface area contributed by atoms with E-state index in [-0.39, 0.29) is 12.0 Å². The van der Waals surface area contributed by atoms with Gasteiger partial charge in [-0.3, -0.25) is 4.79 Å². The van der Waals surface area contributed by atoms with Crippen LogP contribution < -0.4 is 5.32 Å². The zero-order chi connectivity index (χ0) is 10.7. The molecule has 2 atom stereocenters. The van der Waals surface area contributed by atoms with Crippen LogP contribution in [-0.4, -0.2) is 38.4 Å². The Labute approximate surface area is 90.3 Å². The van der Waals surface area contributed by atoms with Gasteiger partial charge < -0.3 is 14.8 Å². The van der Waals surface area contributed by atoms with Gasteiger partial charge in [0.2, 0.25) is 0 Å². The Morgan fingerprint density at radius 1 is 1.60 bits per heavy atom. The summed E-state index contributed by atoms with van der Waals surface area (Å²) in [6.07, 6.45) is 3.07. The van der Waals surface area contributed by atoms with Gasteiger partial charge in [-0.1, -0.05) is 0 Å². The molecule has 1 N–H and O–H groups in total. The number of nitrogens with one attached hydrogen (secondary N) is 1. The van der Waals surface area contributed by atoms with E-state index in [0.29, 0.717) is 12.0 Å². The molecule has 2 fully saturated rings. The first-order valence-electron chi connectivity index (χ1n) is 5.73. The monoisotopic (exact) mass is 213 g/mol. The molecule has 0 aromatic carbocycles. The van der Waals surface area contributed by atoms with E-state index in [2.05, 4.69) is 5.32 Å². The topological polar surface area (TPSA) is 47.6 Å². The predicted octanol–water partition coefficient (Wildman–Crippen LogP) is 0.708. The van der Waals surface area contributed by atoms with Crippen LogP contribution in [0.2, 0.25) is 0 Å². The maximum absolute atomic E-state index is 11.5. The second kappa shape index (κ2) is 4.49. The highest BCUT2D eigenvalue weighted by Crippen LogP contribution is 2.36. The van der Waals surface area contributed by atoms with Gasteiger partial charge >= 0.3 is 5.97 Å². The summed E-state index contributed by atoms with van der Waals surface area (Å²) in [6, 6.07) is -0.101. The molecule has 0 aromatic heterocycles. The van der Waals surface area contributed by atoms with Crippen molar-refractivity contribution in [3.63, 3.8) is 0 Å². The summed E-state index contributed by atoms with van der Waals surface area (Å²) in [5, 5.41) is 3.28. The van der Waals surface area contributed by atoms with Crippen molar-refractivity contribution in [3.05, 3.63) is 0 Å². The van der Waals surface area contributed by atoms with Gasteiger partial charge in [0.05, 0.1) is 13.2 Å². The molecule has 0 amide bonds. The summed E-state index contributed by atoms with van der Waals surface area (Å²) in [6.45, 7) is 4.90. The second-order valence-electron chi connectivity index (χ2n) is 4.53. The Morgan fingerprint density at radius 3 is 3.00 bits per heavy atom. The van der Waals surface area contributed by atoms with Crippen molar-refractivity contribution in [2.75, 3.05) is 26.4 Å². The third-order valence-electron chi connectivity index (χ3n) is 3.44. The Kier molecular flexibility index (Phi) is 3.26. The minimum Gasteiger partial charge on any atom is -0.465 e. The smallest absolute Gasteiger partial charge is 0.323 e. The normalized spacial score (nSPS) is 35.7. The lowest BCUT2D eigenvalue weighted by Gasteiger charge is -2.35. The van der Waals surface area contributed by atoms with Crippen molar-refractivity contribution in [1.29, 1.82) is 0 Å². The molecule has 2 aliphatic heterocycles. The van der Waals surface area contributed by atoms with E-state index in [1.807, 2.05) is 6.92 Å². The van der Waals surface area contributed by atoms with Crippen LogP contribution in [0.4, 0.5) is 0 Å². The Balaban J connectivity index is 1.83. The van der Waals surface area contributed by atoms with Gasteiger partial charge in [0.15, 0.2) is 0 Å². The van der Waals surface area contributed by atoms with Crippen molar-refractivity contribution in [1.82, 2.24) is 5.32 Å². The van der Waals surface area contributed by atoms with Gasteiger partial charge in [-0.2, -0.15) is 0 Å². The highest BCUT2D eigenvalue weighted by atomic mass is 16.5. The van der Waals surface area contributed by atoms with Crippen molar-refractivity contribution in [2.24, 2.45) is 5.41 Å². The highest BCUT2D eigenvalue weighted by molar-refractivity contribution is 5.75. The van der Waals surface area contributed by atoms with Crippen LogP contribution in [0.3, 0.4) is 0 Å². The Hall–Kier alpha value is -0.610. The number of esters is 1. The molecule has 2 aliphatic rings. The fourth-order valence-electron chi connectivity index (χ4n) is 2.41. The molecule has 4 heteroatoms. The third-order valence-corrected chi connectivity index (χ3v) is 3.44. The summed E-state index contributed by atoms with van der Waals surface area (Å²) in [4.78, 5) is 11.5. The van der Waals surface area contributed by atoms with Crippen molar-refractivity contribution >= 4 is 5.97 Å². The van der Waals surface area contributed by atoms with E-state index in [0.717, 1.165) is 39.0 Å².